The summed E-state index contributed by atoms with van der Waals surface area (Å²) in [5.41, 5.74) is 1.22. The van der Waals surface area contributed by atoms with Crippen LogP contribution < -0.4 is 4.72 Å². The monoisotopic (exact) mass is 298 g/mol. The fourth-order valence-electron chi connectivity index (χ4n) is 1.91. The van der Waals surface area contributed by atoms with Gasteiger partial charge in [-0.25, -0.2) is 13.1 Å². The van der Waals surface area contributed by atoms with Crippen LogP contribution in [0.25, 0.3) is 0 Å². The first-order valence-corrected chi connectivity index (χ1v) is 7.72. The Balaban J connectivity index is 2.15. The molecule has 0 fully saturated rings. The van der Waals surface area contributed by atoms with Gasteiger partial charge in [0, 0.05) is 31.7 Å². The molecule has 0 saturated carbocycles. The highest BCUT2D eigenvalue weighted by Crippen LogP contribution is 2.15. The van der Waals surface area contributed by atoms with E-state index in [1.54, 1.807) is 28.6 Å². The van der Waals surface area contributed by atoms with E-state index in [1.807, 2.05) is 6.92 Å². The largest absolute Gasteiger partial charge is 0.390 e. The zero-order chi connectivity index (χ0) is 14.8. The number of aliphatic hydroxyl groups is 1. The molecular weight excluding hydrogens is 280 g/mol. The predicted octanol–water partition coefficient (Wildman–Crippen LogP) is 0.212. The quantitative estimate of drug-likeness (QED) is 0.798. The average molecular weight is 298 g/mol. The Morgan fingerprint density at radius 3 is 2.70 bits per heavy atom. The van der Waals surface area contributed by atoms with Crippen molar-refractivity contribution in [3.63, 3.8) is 0 Å². The van der Waals surface area contributed by atoms with Crippen molar-refractivity contribution in [2.75, 3.05) is 0 Å². The van der Waals surface area contributed by atoms with Crippen molar-refractivity contribution in [2.24, 2.45) is 7.05 Å². The van der Waals surface area contributed by atoms with Crippen molar-refractivity contribution in [1.29, 1.82) is 0 Å². The second-order valence-electron chi connectivity index (χ2n) is 4.42. The third-order valence-corrected chi connectivity index (χ3v) is 4.35. The second-order valence-corrected chi connectivity index (χ2v) is 6.18. The van der Waals surface area contributed by atoms with Gasteiger partial charge in [0.2, 0.25) is 10.0 Å². The minimum atomic E-state index is -3.60. The van der Waals surface area contributed by atoms with E-state index in [0.717, 1.165) is 0 Å². The lowest BCUT2D eigenvalue weighted by atomic mass is 10.4. The summed E-state index contributed by atoms with van der Waals surface area (Å²) in [5, 5.41) is 13.3. The van der Waals surface area contributed by atoms with Gasteiger partial charge >= 0.3 is 0 Å². The fraction of sp³-hybridized carbons (Fsp3) is 0.417. The lowest BCUT2D eigenvalue weighted by molar-refractivity contribution is 0.271. The van der Waals surface area contributed by atoms with Crippen LogP contribution >= 0.6 is 0 Å². The van der Waals surface area contributed by atoms with Gasteiger partial charge in [-0.2, -0.15) is 5.10 Å². The lowest BCUT2D eigenvalue weighted by Crippen LogP contribution is -2.23. The summed E-state index contributed by atoms with van der Waals surface area (Å²) in [5.74, 6) is 0. The van der Waals surface area contributed by atoms with Gasteiger partial charge in [-0.1, -0.05) is 0 Å². The molecule has 20 heavy (non-hydrogen) atoms. The van der Waals surface area contributed by atoms with E-state index in [0.29, 0.717) is 17.9 Å². The Labute approximate surface area is 117 Å². The van der Waals surface area contributed by atoms with Crippen molar-refractivity contribution >= 4 is 10.0 Å². The minimum absolute atomic E-state index is 0.134. The molecule has 0 saturated heterocycles. The summed E-state index contributed by atoms with van der Waals surface area (Å²) >= 11 is 0. The summed E-state index contributed by atoms with van der Waals surface area (Å²) in [6, 6.07) is 3.23. The minimum Gasteiger partial charge on any atom is -0.390 e. The Morgan fingerprint density at radius 1 is 1.45 bits per heavy atom. The molecule has 0 amide bonds. The van der Waals surface area contributed by atoms with Gasteiger partial charge in [0.1, 0.15) is 0 Å². The first-order valence-electron chi connectivity index (χ1n) is 6.24. The summed E-state index contributed by atoms with van der Waals surface area (Å²) in [4.78, 5) is 0.152. The van der Waals surface area contributed by atoms with Crippen molar-refractivity contribution in [2.45, 2.75) is 31.5 Å². The first kappa shape index (κ1) is 14.8. The number of aromatic nitrogens is 3. The zero-order valence-electron chi connectivity index (χ0n) is 11.4. The molecule has 0 aliphatic rings. The number of aliphatic hydroxyl groups excluding tert-OH is 1. The van der Waals surface area contributed by atoms with Crippen LogP contribution in [0.4, 0.5) is 0 Å². The first-order chi connectivity index (χ1) is 9.46. The molecule has 7 nitrogen and oxygen atoms in total. The molecule has 2 N–H and O–H groups in total. The van der Waals surface area contributed by atoms with E-state index < -0.39 is 10.0 Å². The van der Waals surface area contributed by atoms with Crippen molar-refractivity contribution < 1.29 is 13.5 Å². The van der Waals surface area contributed by atoms with Gasteiger partial charge in [0.05, 0.1) is 23.7 Å². The maximum absolute atomic E-state index is 12.2. The molecule has 0 aliphatic carbocycles. The Morgan fingerprint density at radius 2 is 2.20 bits per heavy atom. The topological polar surface area (TPSA) is 89.2 Å². The van der Waals surface area contributed by atoms with Crippen LogP contribution in [0.15, 0.2) is 29.4 Å². The molecule has 0 aromatic carbocycles. The van der Waals surface area contributed by atoms with E-state index >= 15 is 0 Å². The third-order valence-electron chi connectivity index (χ3n) is 2.99. The van der Waals surface area contributed by atoms with Crippen molar-refractivity contribution in [1.82, 2.24) is 19.1 Å². The molecule has 0 atom stereocenters. The van der Waals surface area contributed by atoms with Gasteiger partial charge < -0.3 is 9.67 Å². The molecule has 0 radical (unpaired) electrons. The maximum Gasteiger partial charge on any atom is 0.242 e. The molecular formula is C12H18N4O3S. The molecule has 2 aromatic rings. The van der Waals surface area contributed by atoms with Crippen LogP contribution in [0, 0.1) is 0 Å². The molecule has 8 heteroatoms. The van der Waals surface area contributed by atoms with Crippen LogP contribution in [-0.2, 0) is 36.8 Å². The SMILES string of the molecule is CCn1cc(S(=O)(=O)NCc2ccn(C)n2)cc1CO. The van der Waals surface area contributed by atoms with Crippen LogP contribution in [0.1, 0.15) is 18.3 Å². The molecule has 110 valence electrons. The van der Waals surface area contributed by atoms with Gasteiger partial charge in [0.25, 0.3) is 0 Å². The van der Waals surface area contributed by atoms with Crippen molar-refractivity contribution in [3.05, 3.63) is 35.9 Å². The van der Waals surface area contributed by atoms with Gasteiger partial charge in [-0.05, 0) is 19.1 Å². The summed E-state index contributed by atoms with van der Waals surface area (Å²) in [6.07, 6.45) is 3.27. The number of aryl methyl sites for hydroxylation is 2. The molecule has 0 bridgehead atoms. The van der Waals surface area contributed by atoms with Gasteiger partial charge in [-0.15, -0.1) is 0 Å². The summed E-state index contributed by atoms with van der Waals surface area (Å²) in [7, 11) is -1.83. The standard InChI is InChI=1S/C12H18N4O3S/c1-3-16-8-12(6-11(16)9-17)20(18,19)13-7-10-4-5-15(2)14-10/h4-6,8,13,17H,3,7,9H2,1-2H3. The summed E-state index contributed by atoms with van der Waals surface area (Å²) in [6.45, 7) is 2.43. The summed E-state index contributed by atoms with van der Waals surface area (Å²) < 4.78 is 30.1. The van der Waals surface area contributed by atoms with Gasteiger partial charge in [0.15, 0.2) is 0 Å². The van der Waals surface area contributed by atoms with E-state index in [-0.39, 0.29) is 18.0 Å². The van der Waals surface area contributed by atoms with E-state index in [9.17, 15) is 13.5 Å². The number of nitrogens with zero attached hydrogens (tertiary/aromatic N) is 3. The highest BCUT2D eigenvalue weighted by atomic mass is 32.2. The number of nitrogens with one attached hydrogen (secondary N) is 1. The van der Waals surface area contributed by atoms with E-state index in [4.69, 9.17) is 0 Å². The zero-order valence-corrected chi connectivity index (χ0v) is 12.3. The average Bonchev–Trinajstić information content (AvgIpc) is 3.02. The number of rotatable bonds is 6. The van der Waals surface area contributed by atoms with E-state index in [2.05, 4.69) is 9.82 Å². The highest BCUT2D eigenvalue weighted by Gasteiger charge is 2.18. The second kappa shape index (κ2) is 5.78. The molecule has 0 unspecified atom stereocenters. The molecule has 2 heterocycles. The maximum atomic E-state index is 12.2. The molecule has 0 spiro atoms. The van der Waals surface area contributed by atoms with Crippen LogP contribution in [0.5, 0.6) is 0 Å². The Kier molecular flexibility index (Phi) is 4.26. The Bertz CT molecular complexity index is 666. The van der Waals surface area contributed by atoms with Crippen LogP contribution in [-0.4, -0.2) is 27.9 Å². The van der Waals surface area contributed by atoms with Crippen molar-refractivity contribution in [3.8, 4) is 0 Å². The lowest BCUT2D eigenvalue weighted by Gasteiger charge is -2.03. The predicted molar refractivity (Wildman–Crippen MR) is 73.3 cm³/mol. The fourth-order valence-corrected chi connectivity index (χ4v) is 2.97. The third kappa shape index (κ3) is 3.09. The normalized spacial score (nSPS) is 11.9. The highest BCUT2D eigenvalue weighted by molar-refractivity contribution is 7.89. The molecule has 0 aliphatic heterocycles. The number of hydrogen-bond acceptors (Lipinski definition) is 4. The van der Waals surface area contributed by atoms with Crippen LogP contribution in [0.3, 0.4) is 0 Å². The van der Waals surface area contributed by atoms with Crippen LogP contribution in [0.2, 0.25) is 0 Å². The smallest absolute Gasteiger partial charge is 0.242 e. The molecule has 2 aromatic heterocycles. The Hall–Kier alpha value is -1.64. The number of sulfonamides is 1. The number of hydrogen-bond donors (Lipinski definition) is 2. The van der Waals surface area contributed by atoms with Gasteiger partial charge in [-0.3, -0.25) is 4.68 Å². The molecule has 2 rings (SSSR count). The van der Waals surface area contributed by atoms with E-state index in [1.165, 1.54) is 12.3 Å².